The molecule has 0 aliphatic rings. The van der Waals surface area contributed by atoms with Crippen molar-refractivity contribution in [2.75, 3.05) is 26.9 Å². The first-order chi connectivity index (χ1) is 8.41. The van der Waals surface area contributed by atoms with Crippen LogP contribution in [0.1, 0.15) is 0 Å². The number of carbonyl (C=O) groups is 1. The molecule has 18 heavy (non-hydrogen) atoms. The molecule has 0 heterocycles. The molecule has 0 saturated heterocycles. The van der Waals surface area contributed by atoms with Crippen LogP contribution in [0.15, 0.2) is 34.1 Å². The van der Waals surface area contributed by atoms with Crippen LogP contribution in [0.3, 0.4) is 0 Å². The van der Waals surface area contributed by atoms with E-state index in [1.54, 1.807) is 24.3 Å². The van der Waals surface area contributed by atoms with Crippen LogP contribution >= 0.6 is 11.8 Å². The Morgan fingerprint density at radius 1 is 1.33 bits per heavy atom. The van der Waals surface area contributed by atoms with Gasteiger partial charge < -0.3 is 5.32 Å². The molecule has 0 unspecified atom stereocenters. The van der Waals surface area contributed by atoms with Crippen molar-refractivity contribution in [3.05, 3.63) is 24.3 Å². The quantitative estimate of drug-likeness (QED) is 0.813. The zero-order valence-electron chi connectivity index (χ0n) is 10.5. The van der Waals surface area contributed by atoms with E-state index in [0.717, 1.165) is 9.20 Å². The first-order valence-electron chi connectivity index (χ1n) is 5.22. The molecule has 1 N–H and O–H groups in total. The Morgan fingerprint density at radius 2 is 1.89 bits per heavy atom. The summed E-state index contributed by atoms with van der Waals surface area (Å²) in [5.74, 6) is -0.346. The van der Waals surface area contributed by atoms with E-state index in [4.69, 9.17) is 0 Å². The highest BCUT2D eigenvalue weighted by molar-refractivity contribution is 7.98. The molecule has 0 aliphatic heterocycles. The summed E-state index contributed by atoms with van der Waals surface area (Å²) in [6, 6.07) is 6.57. The summed E-state index contributed by atoms with van der Waals surface area (Å²) in [6.45, 7) is -0.191. The molecule has 1 rings (SSSR count). The Hall–Kier alpha value is -1.05. The molecule has 1 aromatic rings. The number of amides is 1. The molecule has 0 aromatic heterocycles. The number of thioether (sulfide) groups is 1. The van der Waals surface area contributed by atoms with Crippen LogP contribution in [0.4, 0.5) is 0 Å². The van der Waals surface area contributed by atoms with Crippen molar-refractivity contribution >= 4 is 27.7 Å². The molecular formula is C11H16N2O3S2. The maximum absolute atomic E-state index is 12.1. The maximum atomic E-state index is 12.1. The number of carbonyl (C=O) groups excluding carboxylic acids is 1. The summed E-state index contributed by atoms with van der Waals surface area (Å²) in [5, 5.41) is 2.39. The number of hydrogen-bond donors (Lipinski definition) is 1. The Bertz CT molecular complexity index is 512. The van der Waals surface area contributed by atoms with Crippen LogP contribution in [-0.2, 0) is 14.8 Å². The van der Waals surface area contributed by atoms with Gasteiger partial charge in [0, 0.05) is 19.0 Å². The van der Waals surface area contributed by atoms with Crippen LogP contribution in [0.2, 0.25) is 0 Å². The number of nitrogens with zero attached hydrogens (tertiary/aromatic N) is 1. The van der Waals surface area contributed by atoms with Gasteiger partial charge in [0.15, 0.2) is 0 Å². The Balaban J connectivity index is 2.94. The lowest BCUT2D eigenvalue weighted by atomic mass is 10.4. The second-order valence-corrected chi connectivity index (χ2v) is 6.53. The maximum Gasteiger partial charge on any atom is 0.243 e. The van der Waals surface area contributed by atoms with Crippen molar-refractivity contribution in [3.8, 4) is 0 Å². The summed E-state index contributed by atoms with van der Waals surface area (Å²) < 4.78 is 25.3. The van der Waals surface area contributed by atoms with Gasteiger partial charge in [-0.2, -0.15) is 4.31 Å². The summed E-state index contributed by atoms with van der Waals surface area (Å²) in [7, 11) is -0.756. The van der Waals surface area contributed by atoms with Gasteiger partial charge in [-0.3, -0.25) is 4.79 Å². The van der Waals surface area contributed by atoms with E-state index in [-0.39, 0.29) is 17.3 Å². The lowest BCUT2D eigenvalue weighted by molar-refractivity contribution is -0.120. The van der Waals surface area contributed by atoms with Gasteiger partial charge in [-0.25, -0.2) is 8.42 Å². The molecule has 7 heteroatoms. The fraction of sp³-hybridized carbons (Fsp3) is 0.364. The van der Waals surface area contributed by atoms with Gasteiger partial charge in [0.1, 0.15) is 0 Å². The molecule has 0 atom stereocenters. The highest BCUT2D eigenvalue weighted by atomic mass is 32.2. The Morgan fingerprint density at radius 3 is 2.33 bits per heavy atom. The monoisotopic (exact) mass is 288 g/mol. The van der Waals surface area contributed by atoms with Crippen LogP contribution in [-0.4, -0.2) is 45.5 Å². The molecule has 5 nitrogen and oxygen atoms in total. The minimum atomic E-state index is -3.61. The SMILES string of the molecule is CNC(=O)CN(C)S(=O)(=O)c1ccc(SC)cc1. The predicted octanol–water partition coefficient (Wildman–Crippen LogP) is 0.775. The third kappa shape index (κ3) is 3.47. The summed E-state index contributed by atoms with van der Waals surface area (Å²) >= 11 is 1.54. The van der Waals surface area contributed by atoms with Crippen molar-refractivity contribution < 1.29 is 13.2 Å². The van der Waals surface area contributed by atoms with E-state index in [9.17, 15) is 13.2 Å². The molecule has 0 fully saturated rings. The van der Waals surface area contributed by atoms with E-state index < -0.39 is 10.0 Å². The highest BCUT2D eigenvalue weighted by Crippen LogP contribution is 2.19. The van der Waals surface area contributed by atoms with Gasteiger partial charge in [0.2, 0.25) is 15.9 Å². The third-order valence-electron chi connectivity index (χ3n) is 2.41. The highest BCUT2D eigenvalue weighted by Gasteiger charge is 2.22. The molecule has 1 aromatic carbocycles. The number of nitrogens with one attached hydrogen (secondary N) is 1. The normalized spacial score (nSPS) is 11.6. The number of benzene rings is 1. The van der Waals surface area contributed by atoms with Crippen LogP contribution in [0.25, 0.3) is 0 Å². The Labute approximate surface area is 112 Å². The number of hydrogen-bond acceptors (Lipinski definition) is 4. The van der Waals surface area contributed by atoms with Gasteiger partial charge in [-0.15, -0.1) is 11.8 Å². The minimum absolute atomic E-state index is 0.187. The van der Waals surface area contributed by atoms with E-state index in [1.165, 1.54) is 25.9 Å². The van der Waals surface area contributed by atoms with E-state index in [1.807, 2.05) is 6.26 Å². The lowest BCUT2D eigenvalue weighted by Gasteiger charge is -2.16. The zero-order chi connectivity index (χ0) is 13.8. The molecule has 0 saturated carbocycles. The lowest BCUT2D eigenvalue weighted by Crippen LogP contribution is -2.36. The van der Waals surface area contributed by atoms with E-state index in [0.29, 0.717) is 0 Å². The smallest absolute Gasteiger partial charge is 0.243 e. The standard InChI is InChI=1S/C11H16N2O3S2/c1-12-11(14)8-13(2)18(15,16)10-6-4-9(17-3)5-7-10/h4-7H,8H2,1-3H3,(H,12,14). The first kappa shape index (κ1) is 15.0. The summed E-state index contributed by atoms with van der Waals surface area (Å²) in [4.78, 5) is 12.4. The van der Waals surface area contributed by atoms with Gasteiger partial charge in [0.25, 0.3) is 0 Å². The zero-order valence-corrected chi connectivity index (χ0v) is 12.1. The predicted molar refractivity (Wildman–Crippen MR) is 72.1 cm³/mol. The Kier molecular flexibility index (Phi) is 5.18. The van der Waals surface area contributed by atoms with E-state index >= 15 is 0 Å². The molecule has 0 radical (unpaired) electrons. The van der Waals surface area contributed by atoms with Crippen molar-refractivity contribution in [2.24, 2.45) is 0 Å². The molecular weight excluding hydrogens is 272 g/mol. The van der Waals surface area contributed by atoms with E-state index in [2.05, 4.69) is 5.32 Å². The van der Waals surface area contributed by atoms with Gasteiger partial charge in [-0.05, 0) is 30.5 Å². The van der Waals surface area contributed by atoms with Crippen LogP contribution in [0, 0.1) is 0 Å². The average molecular weight is 288 g/mol. The van der Waals surface area contributed by atoms with Gasteiger partial charge >= 0.3 is 0 Å². The van der Waals surface area contributed by atoms with Gasteiger partial charge in [-0.1, -0.05) is 0 Å². The number of likely N-dealkylation sites (N-methyl/N-ethyl adjacent to an activating group) is 2. The molecule has 0 spiro atoms. The van der Waals surface area contributed by atoms with Crippen LogP contribution < -0.4 is 5.32 Å². The average Bonchev–Trinajstić information content (AvgIpc) is 2.38. The van der Waals surface area contributed by atoms with Crippen molar-refractivity contribution in [1.82, 2.24) is 9.62 Å². The third-order valence-corrected chi connectivity index (χ3v) is 4.97. The number of rotatable bonds is 5. The molecule has 100 valence electrons. The fourth-order valence-electron chi connectivity index (χ4n) is 1.29. The van der Waals surface area contributed by atoms with Crippen molar-refractivity contribution in [2.45, 2.75) is 9.79 Å². The first-order valence-corrected chi connectivity index (χ1v) is 7.89. The second-order valence-electron chi connectivity index (χ2n) is 3.61. The molecule has 1 amide bonds. The fourth-order valence-corrected chi connectivity index (χ4v) is 2.83. The van der Waals surface area contributed by atoms with Gasteiger partial charge in [0.05, 0.1) is 11.4 Å². The largest absolute Gasteiger partial charge is 0.358 e. The van der Waals surface area contributed by atoms with Crippen LogP contribution in [0.5, 0.6) is 0 Å². The van der Waals surface area contributed by atoms with Crippen molar-refractivity contribution in [1.29, 1.82) is 0 Å². The summed E-state index contributed by atoms with van der Waals surface area (Å²) in [6.07, 6.45) is 1.92. The molecule has 0 aliphatic carbocycles. The minimum Gasteiger partial charge on any atom is -0.358 e. The van der Waals surface area contributed by atoms with Crippen molar-refractivity contribution in [3.63, 3.8) is 0 Å². The molecule has 0 bridgehead atoms. The second kappa shape index (κ2) is 6.21. The topological polar surface area (TPSA) is 66.5 Å². The number of sulfonamides is 1. The summed E-state index contributed by atoms with van der Waals surface area (Å²) in [5.41, 5.74) is 0.